The minimum absolute atomic E-state index is 0.137. The zero-order valence-corrected chi connectivity index (χ0v) is 18.7. The summed E-state index contributed by atoms with van der Waals surface area (Å²) in [6, 6.07) is 26.6. The highest BCUT2D eigenvalue weighted by molar-refractivity contribution is 5.90. The lowest BCUT2D eigenvalue weighted by atomic mass is 9.84. The fourth-order valence-electron chi connectivity index (χ4n) is 4.33. The molecule has 1 heterocycles. The van der Waals surface area contributed by atoms with Gasteiger partial charge in [0.1, 0.15) is 5.60 Å². The van der Waals surface area contributed by atoms with Gasteiger partial charge in [-0.15, -0.1) is 0 Å². The Hall–Kier alpha value is -2.91. The molecule has 4 rings (SSSR count). The molecule has 0 unspecified atom stereocenters. The molecule has 0 radical (unpaired) electrons. The van der Waals surface area contributed by atoms with Crippen LogP contribution in [0.15, 0.2) is 78.9 Å². The molecular formula is C28H32NO2+. The lowest BCUT2D eigenvalue weighted by Gasteiger charge is -2.36. The topological polar surface area (TPSA) is 42.9 Å². The third-order valence-electron chi connectivity index (χ3n) is 6.30. The minimum atomic E-state index is -0.533. The summed E-state index contributed by atoms with van der Waals surface area (Å²) in [4.78, 5) is 13.1. The number of rotatable bonds is 4. The van der Waals surface area contributed by atoms with E-state index in [0.717, 1.165) is 42.6 Å². The van der Waals surface area contributed by atoms with Gasteiger partial charge in [-0.05, 0) is 39.8 Å². The van der Waals surface area contributed by atoms with Crippen LogP contribution in [0, 0.1) is 0 Å². The number of carbonyl (C=O) groups is 1. The SMILES string of the molecule is CC(C)(C)c1ccc(-c2ccc(C(=O)OC3(c4ccccc4)CC[NH2+]CC3)cc2)cc1. The van der Waals surface area contributed by atoms with E-state index in [1.165, 1.54) is 5.56 Å². The molecule has 0 atom stereocenters. The summed E-state index contributed by atoms with van der Waals surface area (Å²) < 4.78 is 6.19. The highest BCUT2D eigenvalue weighted by Crippen LogP contribution is 2.35. The van der Waals surface area contributed by atoms with Crippen molar-refractivity contribution >= 4 is 5.97 Å². The maximum absolute atomic E-state index is 13.1. The van der Waals surface area contributed by atoms with E-state index in [1.807, 2.05) is 42.5 Å². The number of ether oxygens (including phenoxy) is 1. The van der Waals surface area contributed by atoms with Gasteiger partial charge in [0.05, 0.1) is 18.7 Å². The molecule has 0 aliphatic carbocycles. The molecular weight excluding hydrogens is 382 g/mol. The van der Waals surface area contributed by atoms with Crippen LogP contribution in [0.25, 0.3) is 11.1 Å². The average molecular weight is 415 g/mol. The first-order valence-corrected chi connectivity index (χ1v) is 11.2. The van der Waals surface area contributed by atoms with Crippen molar-refractivity contribution in [2.45, 2.75) is 44.6 Å². The first-order valence-electron chi connectivity index (χ1n) is 11.2. The number of carbonyl (C=O) groups excluding carboxylic acids is 1. The molecule has 2 N–H and O–H groups in total. The van der Waals surface area contributed by atoms with Crippen molar-refractivity contribution in [1.82, 2.24) is 0 Å². The standard InChI is InChI=1S/C28H31NO2/c1-27(2,3)24-15-13-22(14-16-24)21-9-11-23(12-10-21)26(30)31-28(17-19-29-20-18-28)25-7-5-4-6-8-25/h4-16,29H,17-20H2,1-3H3/p+1. The van der Waals surface area contributed by atoms with Crippen LogP contribution in [0.3, 0.4) is 0 Å². The second-order valence-corrected chi connectivity index (χ2v) is 9.52. The molecule has 0 spiro atoms. The van der Waals surface area contributed by atoms with Gasteiger partial charge in [-0.1, -0.05) is 87.5 Å². The van der Waals surface area contributed by atoms with Crippen molar-refractivity contribution in [2.75, 3.05) is 13.1 Å². The molecule has 3 aromatic rings. The zero-order valence-electron chi connectivity index (χ0n) is 18.7. The number of benzene rings is 3. The van der Waals surface area contributed by atoms with Crippen molar-refractivity contribution in [1.29, 1.82) is 0 Å². The van der Waals surface area contributed by atoms with E-state index in [2.05, 4.69) is 62.5 Å². The first kappa shape index (κ1) is 21.3. The summed E-state index contributed by atoms with van der Waals surface area (Å²) in [5.74, 6) is -0.250. The molecule has 31 heavy (non-hydrogen) atoms. The van der Waals surface area contributed by atoms with Crippen molar-refractivity contribution in [3.05, 3.63) is 95.6 Å². The molecule has 1 aliphatic rings. The highest BCUT2D eigenvalue weighted by Gasteiger charge is 2.39. The molecule has 0 aromatic heterocycles. The predicted octanol–water partition coefficient (Wildman–Crippen LogP) is 5.06. The lowest BCUT2D eigenvalue weighted by molar-refractivity contribution is -0.668. The van der Waals surface area contributed by atoms with Crippen LogP contribution >= 0.6 is 0 Å². The van der Waals surface area contributed by atoms with Gasteiger partial charge in [0.15, 0.2) is 0 Å². The van der Waals surface area contributed by atoms with Crippen LogP contribution in [0.4, 0.5) is 0 Å². The van der Waals surface area contributed by atoms with Gasteiger partial charge < -0.3 is 10.1 Å². The van der Waals surface area contributed by atoms with E-state index in [9.17, 15) is 4.79 Å². The molecule has 160 valence electrons. The van der Waals surface area contributed by atoms with Crippen molar-refractivity contribution in [3.8, 4) is 11.1 Å². The molecule has 3 nitrogen and oxygen atoms in total. The number of piperidine rings is 1. The van der Waals surface area contributed by atoms with Crippen LogP contribution in [0.2, 0.25) is 0 Å². The zero-order chi connectivity index (χ0) is 21.9. The van der Waals surface area contributed by atoms with Crippen LogP contribution in [-0.2, 0) is 15.8 Å². The monoisotopic (exact) mass is 414 g/mol. The Morgan fingerprint density at radius 3 is 1.90 bits per heavy atom. The Labute approximate surface area is 185 Å². The summed E-state index contributed by atoms with van der Waals surface area (Å²) in [7, 11) is 0. The van der Waals surface area contributed by atoms with Crippen LogP contribution < -0.4 is 5.32 Å². The molecule has 0 bridgehead atoms. The largest absolute Gasteiger partial charge is 0.450 e. The van der Waals surface area contributed by atoms with E-state index < -0.39 is 5.60 Å². The van der Waals surface area contributed by atoms with Gasteiger partial charge in [0.2, 0.25) is 0 Å². The Morgan fingerprint density at radius 1 is 0.806 bits per heavy atom. The van der Waals surface area contributed by atoms with E-state index in [1.54, 1.807) is 0 Å². The maximum Gasteiger partial charge on any atom is 0.339 e. The van der Waals surface area contributed by atoms with Gasteiger partial charge in [-0.25, -0.2) is 4.79 Å². The highest BCUT2D eigenvalue weighted by atomic mass is 16.6. The fourth-order valence-corrected chi connectivity index (χ4v) is 4.33. The van der Waals surface area contributed by atoms with Crippen molar-refractivity contribution in [2.24, 2.45) is 0 Å². The Balaban J connectivity index is 1.52. The maximum atomic E-state index is 13.1. The van der Waals surface area contributed by atoms with Crippen molar-refractivity contribution in [3.63, 3.8) is 0 Å². The van der Waals surface area contributed by atoms with Gasteiger partial charge in [-0.3, -0.25) is 0 Å². The second kappa shape index (κ2) is 8.68. The number of hydrogen-bond donors (Lipinski definition) is 1. The average Bonchev–Trinajstić information content (AvgIpc) is 2.80. The Bertz CT molecular complexity index is 1010. The van der Waals surface area contributed by atoms with Gasteiger partial charge in [0, 0.05) is 12.8 Å². The first-order chi connectivity index (χ1) is 14.9. The van der Waals surface area contributed by atoms with Crippen LogP contribution in [0.1, 0.15) is 55.1 Å². The summed E-state index contributed by atoms with van der Waals surface area (Å²) in [6.45, 7) is 8.58. The Morgan fingerprint density at radius 2 is 1.35 bits per heavy atom. The van der Waals surface area contributed by atoms with Crippen LogP contribution in [0.5, 0.6) is 0 Å². The minimum Gasteiger partial charge on any atom is -0.450 e. The lowest BCUT2D eigenvalue weighted by Crippen LogP contribution is -2.87. The fraction of sp³-hybridized carbons (Fsp3) is 0.321. The number of quaternary nitrogens is 1. The Kier molecular flexibility index (Phi) is 5.97. The summed E-state index contributed by atoms with van der Waals surface area (Å²) in [5.41, 5.74) is 4.85. The third kappa shape index (κ3) is 4.72. The second-order valence-electron chi connectivity index (χ2n) is 9.52. The summed E-state index contributed by atoms with van der Waals surface area (Å²) >= 11 is 0. The van der Waals surface area contributed by atoms with E-state index in [4.69, 9.17) is 4.74 Å². The molecule has 1 fully saturated rings. The number of esters is 1. The molecule has 1 saturated heterocycles. The summed E-state index contributed by atoms with van der Waals surface area (Å²) in [6.07, 6.45) is 1.67. The molecule has 0 amide bonds. The number of hydrogen-bond acceptors (Lipinski definition) is 2. The number of nitrogens with two attached hydrogens (primary N) is 1. The molecule has 1 aliphatic heterocycles. The molecule has 3 aromatic carbocycles. The molecule has 3 heteroatoms. The van der Waals surface area contributed by atoms with Gasteiger partial charge >= 0.3 is 5.97 Å². The van der Waals surface area contributed by atoms with E-state index in [0.29, 0.717) is 5.56 Å². The third-order valence-corrected chi connectivity index (χ3v) is 6.30. The summed E-state index contributed by atoms with van der Waals surface area (Å²) in [5, 5.41) is 2.29. The van der Waals surface area contributed by atoms with Crippen LogP contribution in [-0.4, -0.2) is 19.1 Å². The molecule has 0 saturated carbocycles. The van der Waals surface area contributed by atoms with E-state index >= 15 is 0 Å². The van der Waals surface area contributed by atoms with Gasteiger partial charge in [-0.2, -0.15) is 0 Å². The normalized spacial score (nSPS) is 16.0. The quantitative estimate of drug-likeness (QED) is 0.607. The predicted molar refractivity (Wildman–Crippen MR) is 125 cm³/mol. The van der Waals surface area contributed by atoms with E-state index in [-0.39, 0.29) is 11.4 Å². The van der Waals surface area contributed by atoms with Gasteiger partial charge in [0.25, 0.3) is 0 Å². The smallest absolute Gasteiger partial charge is 0.339 e. The van der Waals surface area contributed by atoms with Crippen molar-refractivity contribution < 1.29 is 14.8 Å².